The zero-order chi connectivity index (χ0) is 12.8. The maximum absolute atomic E-state index is 11.9. The predicted octanol–water partition coefficient (Wildman–Crippen LogP) is 1.97. The molecule has 2 fully saturated rings. The largest absolute Gasteiger partial charge is 0.375 e. The molecule has 19 heavy (non-hydrogen) atoms. The average Bonchev–Trinajstić information content (AvgIpc) is 2.89. The number of hydrogen-bond donors (Lipinski definition) is 1. The van der Waals surface area contributed by atoms with Crippen LogP contribution in [0.5, 0.6) is 0 Å². The first-order valence-electron chi connectivity index (χ1n) is 7.37. The Balaban J connectivity index is 0.00000180. The fourth-order valence-corrected chi connectivity index (χ4v) is 2.93. The van der Waals surface area contributed by atoms with Gasteiger partial charge in [0.1, 0.15) is 0 Å². The van der Waals surface area contributed by atoms with Gasteiger partial charge in [0, 0.05) is 26.1 Å². The number of rotatable bonds is 5. The van der Waals surface area contributed by atoms with Gasteiger partial charge in [0.05, 0.1) is 12.2 Å². The van der Waals surface area contributed by atoms with E-state index in [1.807, 2.05) is 11.9 Å². The number of nitrogens with one attached hydrogen (secondary N) is 1. The molecule has 1 aliphatic carbocycles. The molecule has 0 aromatic rings. The number of halogens is 1. The highest BCUT2D eigenvalue weighted by Crippen LogP contribution is 2.25. The molecule has 0 radical (unpaired) electrons. The fraction of sp³-hybridized carbons (Fsp3) is 0.929. The second kappa shape index (κ2) is 8.77. The molecule has 0 atom stereocenters. The van der Waals surface area contributed by atoms with Crippen LogP contribution in [0.25, 0.3) is 0 Å². The second-order valence-corrected chi connectivity index (χ2v) is 5.48. The molecule has 0 aromatic carbocycles. The molecule has 5 heteroatoms. The van der Waals surface area contributed by atoms with E-state index < -0.39 is 0 Å². The van der Waals surface area contributed by atoms with Crippen molar-refractivity contribution in [3.63, 3.8) is 0 Å². The second-order valence-electron chi connectivity index (χ2n) is 5.48. The molecule has 0 aromatic heterocycles. The molecule has 1 aliphatic heterocycles. The van der Waals surface area contributed by atoms with Crippen molar-refractivity contribution in [2.24, 2.45) is 0 Å². The van der Waals surface area contributed by atoms with Gasteiger partial charge in [-0.15, -0.1) is 12.4 Å². The van der Waals surface area contributed by atoms with Crippen LogP contribution in [0.1, 0.15) is 44.9 Å². The van der Waals surface area contributed by atoms with Crippen LogP contribution < -0.4 is 5.32 Å². The van der Waals surface area contributed by atoms with Gasteiger partial charge in [-0.1, -0.05) is 12.8 Å². The van der Waals surface area contributed by atoms with E-state index >= 15 is 0 Å². The Morgan fingerprint density at radius 1 is 1.16 bits per heavy atom. The van der Waals surface area contributed by atoms with Gasteiger partial charge in [0.2, 0.25) is 5.91 Å². The van der Waals surface area contributed by atoms with Gasteiger partial charge in [0.25, 0.3) is 0 Å². The summed E-state index contributed by atoms with van der Waals surface area (Å²) in [5.41, 5.74) is 0. The summed E-state index contributed by atoms with van der Waals surface area (Å²) in [6.07, 6.45) is 8.66. The van der Waals surface area contributed by atoms with E-state index in [-0.39, 0.29) is 18.3 Å². The highest BCUT2D eigenvalue weighted by Gasteiger charge is 2.26. The molecule has 112 valence electrons. The third-order valence-electron chi connectivity index (χ3n) is 4.07. The van der Waals surface area contributed by atoms with E-state index in [0.717, 1.165) is 32.5 Å². The van der Waals surface area contributed by atoms with Crippen molar-refractivity contribution in [3.05, 3.63) is 0 Å². The molecule has 1 saturated heterocycles. The van der Waals surface area contributed by atoms with E-state index in [0.29, 0.717) is 18.6 Å². The number of hydrogen-bond acceptors (Lipinski definition) is 3. The molecular formula is C14H27ClN2O2. The van der Waals surface area contributed by atoms with Crippen molar-refractivity contribution in [2.75, 3.05) is 26.7 Å². The number of carbonyl (C=O) groups is 1. The lowest BCUT2D eigenvalue weighted by Crippen LogP contribution is -2.42. The summed E-state index contributed by atoms with van der Waals surface area (Å²) < 4.78 is 6.11. The van der Waals surface area contributed by atoms with Crippen LogP contribution >= 0.6 is 12.4 Å². The van der Waals surface area contributed by atoms with E-state index in [2.05, 4.69) is 5.32 Å². The third-order valence-corrected chi connectivity index (χ3v) is 4.07. The molecule has 1 saturated carbocycles. The zero-order valence-corrected chi connectivity index (χ0v) is 12.7. The zero-order valence-electron chi connectivity index (χ0n) is 11.9. The molecule has 0 unspecified atom stereocenters. The minimum atomic E-state index is 0. The number of likely N-dealkylation sites (tertiary alicyclic amines) is 1. The molecule has 0 bridgehead atoms. The van der Waals surface area contributed by atoms with Crippen LogP contribution in [-0.4, -0.2) is 49.7 Å². The molecule has 1 heterocycles. The normalized spacial score (nSPS) is 21.4. The lowest BCUT2D eigenvalue weighted by Gasteiger charge is -2.33. The highest BCUT2D eigenvalue weighted by atomic mass is 35.5. The first kappa shape index (κ1) is 16.7. The predicted molar refractivity (Wildman–Crippen MR) is 78.7 cm³/mol. The summed E-state index contributed by atoms with van der Waals surface area (Å²) in [4.78, 5) is 13.8. The van der Waals surface area contributed by atoms with Crippen molar-refractivity contribution in [1.29, 1.82) is 0 Å². The Bertz CT molecular complexity index is 262. The van der Waals surface area contributed by atoms with Crippen molar-refractivity contribution < 1.29 is 9.53 Å². The topological polar surface area (TPSA) is 41.6 Å². The molecule has 1 N–H and O–H groups in total. The number of piperidine rings is 1. The SMILES string of the molecule is CNCCC(=O)N1CCC(OC2CCCC2)CC1.Cl. The summed E-state index contributed by atoms with van der Waals surface area (Å²) in [7, 11) is 1.88. The maximum atomic E-state index is 11.9. The first-order chi connectivity index (χ1) is 8.79. The molecule has 4 nitrogen and oxygen atoms in total. The van der Waals surface area contributed by atoms with Gasteiger partial charge in [0.15, 0.2) is 0 Å². The number of ether oxygens (including phenoxy) is 1. The number of carbonyl (C=O) groups excluding carboxylic acids is 1. The average molecular weight is 291 g/mol. The Kier molecular flexibility index (Phi) is 7.73. The van der Waals surface area contributed by atoms with Gasteiger partial charge >= 0.3 is 0 Å². The third kappa shape index (κ3) is 5.28. The van der Waals surface area contributed by atoms with Gasteiger partial charge < -0.3 is 15.0 Å². The quantitative estimate of drug-likeness (QED) is 0.842. The van der Waals surface area contributed by atoms with Crippen LogP contribution in [0.2, 0.25) is 0 Å². The minimum absolute atomic E-state index is 0. The standard InChI is InChI=1S/C14H26N2O2.ClH/c1-15-9-6-14(17)16-10-7-13(8-11-16)18-12-4-2-3-5-12;/h12-13,15H,2-11H2,1H3;1H. The van der Waals surface area contributed by atoms with Gasteiger partial charge in [-0.2, -0.15) is 0 Å². The smallest absolute Gasteiger partial charge is 0.223 e. The molecular weight excluding hydrogens is 264 g/mol. The first-order valence-corrected chi connectivity index (χ1v) is 7.37. The van der Waals surface area contributed by atoms with E-state index in [1.165, 1.54) is 25.7 Å². The Morgan fingerprint density at radius 2 is 1.74 bits per heavy atom. The van der Waals surface area contributed by atoms with E-state index in [9.17, 15) is 4.79 Å². The molecule has 2 aliphatic rings. The Hall–Kier alpha value is -0.320. The van der Waals surface area contributed by atoms with Gasteiger partial charge in [-0.3, -0.25) is 4.79 Å². The summed E-state index contributed by atoms with van der Waals surface area (Å²) in [5, 5.41) is 3.02. The Morgan fingerprint density at radius 3 is 2.32 bits per heavy atom. The van der Waals surface area contributed by atoms with Gasteiger partial charge in [-0.05, 0) is 32.7 Å². The van der Waals surface area contributed by atoms with E-state index in [1.54, 1.807) is 0 Å². The van der Waals surface area contributed by atoms with E-state index in [4.69, 9.17) is 4.74 Å². The maximum Gasteiger partial charge on any atom is 0.223 e. The van der Waals surface area contributed by atoms with Gasteiger partial charge in [-0.25, -0.2) is 0 Å². The lowest BCUT2D eigenvalue weighted by molar-refractivity contribution is -0.134. The van der Waals surface area contributed by atoms with Crippen molar-refractivity contribution in [3.8, 4) is 0 Å². The number of amides is 1. The molecule has 0 spiro atoms. The summed E-state index contributed by atoms with van der Waals surface area (Å²) in [6, 6.07) is 0. The van der Waals surface area contributed by atoms with Crippen LogP contribution in [0.15, 0.2) is 0 Å². The fourth-order valence-electron chi connectivity index (χ4n) is 2.93. The Labute approximate surface area is 122 Å². The van der Waals surface area contributed by atoms with Crippen LogP contribution in [-0.2, 0) is 9.53 Å². The number of nitrogens with zero attached hydrogens (tertiary/aromatic N) is 1. The van der Waals surface area contributed by atoms with Crippen molar-refractivity contribution in [2.45, 2.75) is 57.2 Å². The van der Waals surface area contributed by atoms with Crippen LogP contribution in [0, 0.1) is 0 Å². The van der Waals surface area contributed by atoms with Crippen molar-refractivity contribution >= 4 is 18.3 Å². The lowest BCUT2D eigenvalue weighted by atomic mass is 10.1. The molecule has 1 amide bonds. The van der Waals surface area contributed by atoms with Crippen LogP contribution in [0.4, 0.5) is 0 Å². The minimum Gasteiger partial charge on any atom is -0.375 e. The summed E-state index contributed by atoms with van der Waals surface area (Å²) >= 11 is 0. The summed E-state index contributed by atoms with van der Waals surface area (Å²) in [5.74, 6) is 0.281. The highest BCUT2D eigenvalue weighted by molar-refractivity contribution is 5.85. The van der Waals surface area contributed by atoms with Crippen LogP contribution in [0.3, 0.4) is 0 Å². The molecule has 2 rings (SSSR count). The monoisotopic (exact) mass is 290 g/mol. The summed E-state index contributed by atoms with van der Waals surface area (Å²) in [6.45, 7) is 2.53. The van der Waals surface area contributed by atoms with Crippen molar-refractivity contribution in [1.82, 2.24) is 10.2 Å².